The molecule has 1 fully saturated rings. The van der Waals surface area contributed by atoms with Crippen LogP contribution in [0, 0.1) is 5.92 Å². The molecule has 0 spiro atoms. The number of hydrogen-bond donors (Lipinski definition) is 2. The van der Waals surface area contributed by atoms with E-state index in [1.807, 2.05) is 30.3 Å². The summed E-state index contributed by atoms with van der Waals surface area (Å²) in [5, 5.41) is 7.47. The minimum Gasteiger partial charge on any atom is -0.355 e. The number of amides is 2. The Hall–Kier alpha value is -2.37. The lowest BCUT2D eigenvalue weighted by Gasteiger charge is -2.15. The fourth-order valence-electron chi connectivity index (χ4n) is 2.80. The van der Waals surface area contributed by atoms with Crippen LogP contribution in [0.4, 0.5) is 0 Å². The van der Waals surface area contributed by atoms with Gasteiger partial charge >= 0.3 is 0 Å². The highest BCUT2D eigenvalue weighted by Crippen LogP contribution is 2.29. The highest BCUT2D eigenvalue weighted by molar-refractivity contribution is 6.38. The van der Waals surface area contributed by atoms with Crippen LogP contribution in [0.25, 0.3) is 0 Å². The van der Waals surface area contributed by atoms with Crippen LogP contribution in [-0.2, 0) is 9.59 Å². The fourth-order valence-corrected chi connectivity index (χ4v) is 3.29. The Bertz CT molecular complexity index is 804. The highest BCUT2D eigenvalue weighted by Gasteiger charge is 2.40. The van der Waals surface area contributed by atoms with Crippen LogP contribution >= 0.6 is 23.2 Å². The van der Waals surface area contributed by atoms with E-state index in [1.54, 1.807) is 18.2 Å². The van der Waals surface area contributed by atoms with Gasteiger partial charge in [-0.05, 0) is 17.7 Å². The second-order valence-corrected chi connectivity index (χ2v) is 6.42. The molecule has 0 bridgehead atoms. The number of hydrogen-bond acceptors (Lipinski definition) is 3. The fraction of sp³-hybridized carbons (Fsp3) is 0.167. The molecule has 0 aromatic heterocycles. The van der Waals surface area contributed by atoms with Crippen molar-refractivity contribution in [2.45, 2.75) is 5.92 Å². The molecule has 25 heavy (non-hydrogen) atoms. The van der Waals surface area contributed by atoms with Gasteiger partial charge in [-0.25, -0.2) is 5.43 Å². The third kappa shape index (κ3) is 3.83. The van der Waals surface area contributed by atoms with Crippen LogP contribution in [0.1, 0.15) is 17.0 Å². The van der Waals surface area contributed by atoms with Crippen molar-refractivity contribution in [1.29, 1.82) is 0 Å². The summed E-state index contributed by atoms with van der Waals surface area (Å²) in [4.78, 5) is 24.5. The molecule has 2 aromatic rings. The van der Waals surface area contributed by atoms with Crippen LogP contribution in [0.15, 0.2) is 53.6 Å². The summed E-state index contributed by atoms with van der Waals surface area (Å²) in [5.41, 5.74) is 3.84. The van der Waals surface area contributed by atoms with E-state index in [9.17, 15) is 9.59 Å². The molecule has 2 aromatic carbocycles. The van der Waals surface area contributed by atoms with Crippen molar-refractivity contribution in [2.24, 2.45) is 11.0 Å². The van der Waals surface area contributed by atoms with Gasteiger partial charge < -0.3 is 5.32 Å². The van der Waals surface area contributed by atoms with Crippen molar-refractivity contribution >= 4 is 41.2 Å². The monoisotopic (exact) mass is 375 g/mol. The van der Waals surface area contributed by atoms with E-state index in [2.05, 4.69) is 15.8 Å². The lowest BCUT2D eigenvalue weighted by atomic mass is 9.88. The van der Waals surface area contributed by atoms with E-state index in [0.717, 1.165) is 5.56 Å². The van der Waals surface area contributed by atoms with Gasteiger partial charge in [-0.2, -0.15) is 5.10 Å². The van der Waals surface area contributed by atoms with E-state index in [1.165, 1.54) is 6.21 Å². The van der Waals surface area contributed by atoms with Crippen molar-refractivity contribution in [3.63, 3.8) is 0 Å². The Balaban J connectivity index is 1.73. The van der Waals surface area contributed by atoms with E-state index in [-0.39, 0.29) is 11.8 Å². The Morgan fingerprint density at radius 3 is 2.48 bits per heavy atom. The second-order valence-electron chi connectivity index (χ2n) is 5.61. The van der Waals surface area contributed by atoms with Gasteiger partial charge in [0.1, 0.15) is 5.92 Å². The summed E-state index contributed by atoms with van der Waals surface area (Å²) < 4.78 is 0. The van der Waals surface area contributed by atoms with Crippen molar-refractivity contribution in [3.05, 3.63) is 69.7 Å². The smallest absolute Gasteiger partial charge is 0.253 e. The first-order valence-electron chi connectivity index (χ1n) is 7.67. The molecule has 0 unspecified atom stereocenters. The summed E-state index contributed by atoms with van der Waals surface area (Å²) in [6.45, 7) is 0.418. The predicted octanol–water partition coefficient (Wildman–Crippen LogP) is 2.97. The summed E-state index contributed by atoms with van der Waals surface area (Å²) in [7, 11) is 0. The van der Waals surface area contributed by atoms with Gasteiger partial charge in [0.25, 0.3) is 5.91 Å². The maximum absolute atomic E-state index is 12.4. The molecule has 2 N–H and O–H groups in total. The van der Waals surface area contributed by atoms with Crippen molar-refractivity contribution in [2.75, 3.05) is 6.54 Å². The van der Waals surface area contributed by atoms with Gasteiger partial charge in [0.05, 0.1) is 16.3 Å². The normalized spacial score (nSPS) is 19.8. The van der Waals surface area contributed by atoms with Crippen LogP contribution in [-0.4, -0.2) is 24.6 Å². The molecule has 2 amide bonds. The molecular formula is C18H15Cl2N3O2. The molecule has 2 atom stereocenters. The number of hydrazone groups is 1. The maximum Gasteiger partial charge on any atom is 0.253 e. The molecular weight excluding hydrogens is 361 g/mol. The number of benzene rings is 2. The lowest BCUT2D eigenvalue weighted by Crippen LogP contribution is -2.34. The first-order valence-corrected chi connectivity index (χ1v) is 8.43. The number of rotatable bonds is 4. The Kier molecular flexibility index (Phi) is 5.36. The van der Waals surface area contributed by atoms with Gasteiger partial charge in [-0.15, -0.1) is 0 Å². The number of halogens is 2. The molecule has 1 aliphatic heterocycles. The molecule has 0 radical (unpaired) electrons. The van der Waals surface area contributed by atoms with Crippen molar-refractivity contribution < 1.29 is 9.59 Å². The number of carbonyl (C=O) groups is 2. The molecule has 1 aliphatic rings. The standard InChI is InChI=1S/C18H15Cl2N3O2/c19-14-7-4-8-15(20)13(14)10-22-23-18(25)16-12(9-21-17(16)24)11-5-2-1-3-6-11/h1-8,10,12,16H,9H2,(H,21,24)(H,23,25)/b22-10-/t12-,16+/m1/s1. The minimum atomic E-state index is -0.832. The lowest BCUT2D eigenvalue weighted by molar-refractivity contribution is -0.133. The summed E-state index contributed by atoms with van der Waals surface area (Å²) in [6.07, 6.45) is 1.37. The van der Waals surface area contributed by atoms with Crippen LogP contribution < -0.4 is 10.7 Å². The molecule has 0 saturated carbocycles. The number of nitrogens with one attached hydrogen (secondary N) is 2. The highest BCUT2D eigenvalue weighted by atomic mass is 35.5. The number of nitrogens with zero attached hydrogens (tertiary/aromatic N) is 1. The zero-order valence-electron chi connectivity index (χ0n) is 13.1. The SMILES string of the molecule is O=C1NC[C@H](c2ccccc2)[C@@H]1C(=O)N/N=C\c1c(Cl)cccc1Cl. The Morgan fingerprint density at radius 1 is 1.12 bits per heavy atom. The molecule has 128 valence electrons. The Labute approximate surface area is 155 Å². The largest absolute Gasteiger partial charge is 0.355 e. The van der Waals surface area contributed by atoms with Crippen molar-refractivity contribution in [3.8, 4) is 0 Å². The quantitative estimate of drug-likeness (QED) is 0.489. The van der Waals surface area contributed by atoms with Gasteiger partial charge in [-0.3, -0.25) is 9.59 Å². The topological polar surface area (TPSA) is 70.6 Å². The molecule has 1 saturated heterocycles. The molecule has 5 nitrogen and oxygen atoms in total. The van der Waals surface area contributed by atoms with Gasteiger partial charge in [0, 0.05) is 18.0 Å². The average Bonchev–Trinajstić information content (AvgIpc) is 3.00. The van der Waals surface area contributed by atoms with E-state index in [0.29, 0.717) is 22.2 Å². The van der Waals surface area contributed by atoms with E-state index < -0.39 is 11.8 Å². The summed E-state index contributed by atoms with van der Waals surface area (Å²) in [5.74, 6) is -1.84. The maximum atomic E-state index is 12.4. The molecule has 1 heterocycles. The zero-order valence-corrected chi connectivity index (χ0v) is 14.6. The zero-order chi connectivity index (χ0) is 17.8. The van der Waals surface area contributed by atoms with E-state index in [4.69, 9.17) is 23.2 Å². The minimum absolute atomic E-state index is 0.229. The van der Waals surface area contributed by atoms with Crippen LogP contribution in [0.3, 0.4) is 0 Å². The first-order chi connectivity index (χ1) is 12.1. The van der Waals surface area contributed by atoms with Gasteiger partial charge in [-0.1, -0.05) is 59.6 Å². The molecule has 7 heteroatoms. The number of carbonyl (C=O) groups excluding carboxylic acids is 2. The first kappa shape index (κ1) is 17.5. The third-order valence-corrected chi connectivity index (χ3v) is 4.72. The van der Waals surface area contributed by atoms with Gasteiger partial charge in [0.15, 0.2) is 0 Å². The Morgan fingerprint density at radius 2 is 1.80 bits per heavy atom. The third-order valence-electron chi connectivity index (χ3n) is 4.06. The summed E-state index contributed by atoms with van der Waals surface area (Å²) >= 11 is 12.1. The van der Waals surface area contributed by atoms with E-state index >= 15 is 0 Å². The van der Waals surface area contributed by atoms with Crippen LogP contribution in [0.2, 0.25) is 10.0 Å². The average molecular weight is 376 g/mol. The van der Waals surface area contributed by atoms with Gasteiger partial charge in [0.2, 0.25) is 5.91 Å². The summed E-state index contributed by atoms with van der Waals surface area (Å²) in [6, 6.07) is 14.5. The second kappa shape index (κ2) is 7.68. The predicted molar refractivity (Wildman–Crippen MR) is 97.9 cm³/mol. The molecule has 0 aliphatic carbocycles. The van der Waals surface area contributed by atoms with Crippen LogP contribution in [0.5, 0.6) is 0 Å². The van der Waals surface area contributed by atoms with Crippen molar-refractivity contribution in [1.82, 2.24) is 10.7 Å². The molecule has 3 rings (SSSR count).